The molecular weight excluding hydrogens is 238 g/mol. The van der Waals surface area contributed by atoms with E-state index < -0.39 is 0 Å². The first-order valence-corrected chi connectivity index (χ1v) is 8.11. The zero-order chi connectivity index (χ0) is 14.3. The van der Waals surface area contributed by atoms with Crippen LogP contribution in [0.25, 0.3) is 0 Å². The molecule has 3 nitrogen and oxygen atoms in total. The minimum atomic E-state index is -0.119. The molecule has 0 amide bonds. The molecule has 114 valence electrons. The standard InChI is InChI=1S/C16H33NO2/c1-4-6-7-8-9-10-11-12-13-14-16(18)19-15(5-2)17-3/h15,17H,4-14H2,1-3H3. The van der Waals surface area contributed by atoms with Gasteiger partial charge >= 0.3 is 5.97 Å². The molecule has 0 bridgehead atoms. The SMILES string of the molecule is CCCCCCCCCCCC(=O)OC(CC)NC. The van der Waals surface area contributed by atoms with E-state index in [1.807, 2.05) is 14.0 Å². The van der Waals surface area contributed by atoms with Gasteiger partial charge in [0, 0.05) is 6.42 Å². The first kappa shape index (κ1) is 18.4. The number of ether oxygens (including phenoxy) is 1. The number of unbranched alkanes of at least 4 members (excludes halogenated alkanes) is 8. The van der Waals surface area contributed by atoms with Crippen LogP contribution >= 0.6 is 0 Å². The zero-order valence-corrected chi connectivity index (χ0v) is 13.2. The van der Waals surface area contributed by atoms with Crippen LogP contribution in [-0.2, 0) is 9.53 Å². The molecule has 3 heteroatoms. The van der Waals surface area contributed by atoms with Crippen molar-refractivity contribution in [2.45, 2.75) is 90.7 Å². The lowest BCUT2D eigenvalue weighted by Gasteiger charge is -2.14. The van der Waals surface area contributed by atoms with Crippen molar-refractivity contribution in [3.05, 3.63) is 0 Å². The Kier molecular flexibility index (Phi) is 13.4. The lowest BCUT2D eigenvalue weighted by atomic mass is 10.1. The molecular formula is C16H33NO2. The van der Waals surface area contributed by atoms with Gasteiger partial charge in [-0.25, -0.2) is 0 Å². The van der Waals surface area contributed by atoms with Gasteiger partial charge in [0.05, 0.1) is 0 Å². The Balaban J connectivity index is 3.27. The highest BCUT2D eigenvalue weighted by atomic mass is 16.6. The Hall–Kier alpha value is -0.570. The van der Waals surface area contributed by atoms with E-state index in [1.165, 1.54) is 44.9 Å². The fourth-order valence-electron chi connectivity index (χ4n) is 2.14. The van der Waals surface area contributed by atoms with Gasteiger partial charge in [-0.3, -0.25) is 10.1 Å². The topological polar surface area (TPSA) is 38.3 Å². The highest BCUT2D eigenvalue weighted by Gasteiger charge is 2.09. The van der Waals surface area contributed by atoms with Gasteiger partial charge in [-0.1, -0.05) is 65.2 Å². The van der Waals surface area contributed by atoms with Crippen LogP contribution in [0.5, 0.6) is 0 Å². The van der Waals surface area contributed by atoms with Crippen molar-refractivity contribution < 1.29 is 9.53 Å². The first-order valence-electron chi connectivity index (χ1n) is 8.11. The van der Waals surface area contributed by atoms with Crippen molar-refractivity contribution >= 4 is 5.97 Å². The summed E-state index contributed by atoms with van der Waals surface area (Å²) in [6, 6.07) is 0. The second-order valence-corrected chi connectivity index (χ2v) is 5.25. The van der Waals surface area contributed by atoms with E-state index in [4.69, 9.17) is 4.74 Å². The summed E-state index contributed by atoms with van der Waals surface area (Å²) in [5, 5.41) is 2.97. The first-order chi connectivity index (χ1) is 9.24. The van der Waals surface area contributed by atoms with Crippen molar-refractivity contribution in [1.29, 1.82) is 0 Å². The third kappa shape index (κ3) is 12.2. The largest absolute Gasteiger partial charge is 0.447 e. The van der Waals surface area contributed by atoms with E-state index in [1.54, 1.807) is 0 Å². The van der Waals surface area contributed by atoms with Crippen molar-refractivity contribution in [3.8, 4) is 0 Å². The monoisotopic (exact) mass is 271 g/mol. The number of nitrogens with one attached hydrogen (secondary N) is 1. The van der Waals surface area contributed by atoms with Crippen LogP contribution in [0.15, 0.2) is 0 Å². The Morgan fingerprint density at radius 2 is 1.47 bits per heavy atom. The van der Waals surface area contributed by atoms with E-state index >= 15 is 0 Å². The van der Waals surface area contributed by atoms with Gasteiger partial charge in [-0.2, -0.15) is 0 Å². The van der Waals surface area contributed by atoms with Gasteiger partial charge < -0.3 is 4.74 Å². The van der Waals surface area contributed by atoms with Crippen LogP contribution in [0.4, 0.5) is 0 Å². The van der Waals surface area contributed by atoms with Gasteiger partial charge in [0.1, 0.15) is 0 Å². The van der Waals surface area contributed by atoms with Crippen LogP contribution in [0.1, 0.15) is 84.5 Å². The molecule has 0 aliphatic carbocycles. The molecule has 0 aromatic carbocycles. The number of carbonyl (C=O) groups excluding carboxylic acids is 1. The van der Waals surface area contributed by atoms with E-state index in [0.717, 1.165) is 19.3 Å². The normalized spacial score (nSPS) is 12.4. The molecule has 0 aliphatic rings. The van der Waals surface area contributed by atoms with E-state index in [0.29, 0.717) is 6.42 Å². The molecule has 0 saturated carbocycles. The summed E-state index contributed by atoms with van der Waals surface area (Å²) in [6.45, 7) is 4.25. The minimum absolute atomic E-state index is 0.0656. The van der Waals surface area contributed by atoms with E-state index in [2.05, 4.69) is 12.2 Å². The zero-order valence-electron chi connectivity index (χ0n) is 13.2. The third-order valence-electron chi connectivity index (χ3n) is 3.45. The van der Waals surface area contributed by atoms with Gasteiger partial charge in [0.15, 0.2) is 6.23 Å². The fourth-order valence-corrected chi connectivity index (χ4v) is 2.14. The molecule has 0 aliphatic heterocycles. The average molecular weight is 271 g/mol. The summed E-state index contributed by atoms with van der Waals surface area (Å²) in [7, 11) is 1.82. The van der Waals surface area contributed by atoms with E-state index in [9.17, 15) is 4.79 Å². The highest BCUT2D eigenvalue weighted by Crippen LogP contribution is 2.11. The van der Waals surface area contributed by atoms with Crippen molar-refractivity contribution in [3.63, 3.8) is 0 Å². The summed E-state index contributed by atoms with van der Waals surface area (Å²) in [5.41, 5.74) is 0. The summed E-state index contributed by atoms with van der Waals surface area (Å²) in [6.07, 6.45) is 12.7. The third-order valence-corrected chi connectivity index (χ3v) is 3.45. The lowest BCUT2D eigenvalue weighted by Crippen LogP contribution is -2.29. The van der Waals surface area contributed by atoms with Gasteiger partial charge in [-0.05, 0) is 19.9 Å². The quantitative estimate of drug-likeness (QED) is 0.306. The Morgan fingerprint density at radius 1 is 0.947 bits per heavy atom. The Bertz CT molecular complexity index is 203. The van der Waals surface area contributed by atoms with Crippen molar-refractivity contribution in [2.24, 2.45) is 0 Å². The maximum atomic E-state index is 11.5. The molecule has 19 heavy (non-hydrogen) atoms. The molecule has 1 N–H and O–H groups in total. The fraction of sp³-hybridized carbons (Fsp3) is 0.938. The molecule has 1 unspecified atom stereocenters. The van der Waals surface area contributed by atoms with Crippen LogP contribution < -0.4 is 5.32 Å². The Morgan fingerprint density at radius 3 is 1.95 bits per heavy atom. The number of esters is 1. The van der Waals surface area contributed by atoms with Crippen molar-refractivity contribution in [2.75, 3.05) is 7.05 Å². The second-order valence-electron chi connectivity index (χ2n) is 5.25. The van der Waals surface area contributed by atoms with Crippen molar-refractivity contribution in [1.82, 2.24) is 5.32 Å². The maximum Gasteiger partial charge on any atom is 0.307 e. The smallest absolute Gasteiger partial charge is 0.307 e. The predicted octanol–water partition coefficient (Wildman–Crippen LogP) is 4.41. The summed E-state index contributed by atoms with van der Waals surface area (Å²) in [5.74, 6) is -0.0656. The van der Waals surface area contributed by atoms with Gasteiger partial charge in [0.25, 0.3) is 0 Å². The second kappa shape index (κ2) is 13.9. The minimum Gasteiger partial charge on any atom is -0.447 e. The number of hydrogen-bond acceptors (Lipinski definition) is 3. The molecule has 0 radical (unpaired) electrons. The molecule has 0 rings (SSSR count). The highest BCUT2D eigenvalue weighted by molar-refractivity contribution is 5.69. The number of rotatable bonds is 13. The molecule has 1 atom stereocenters. The molecule has 0 fully saturated rings. The van der Waals surface area contributed by atoms with E-state index in [-0.39, 0.29) is 12.2 Å². The van der Waals surface area contributed by atoms with Crippen LogP contribution in [-0.4, -0.2) is 19.2 Å². The van der Waals surface area contributed by atoms with Gasteiger partial charge in [0.2, 0.25) is 0 Å². The molecule has 0 spiro atoms. The molecule has 0 aromatic heterocycles. The summed E-state index contributed by atoms with van der Waals surface area (Å²) in [4.78, 5) is 11.5. The van der Waals surface area contributed by atoms with Crippen LogP contribution in [0.3, 0.4) is 0 Å². The number of hydrogen-bond donors (Lipinski definition) is 1. The molecule has 0 heterocycles. The predicted molar refractivity (Wildman–Crippen MR) is 81.1 cm³/mol. The average Bonchev–Trinajstić information content (AvgIpc) is 2.43. The lowest BCUT2D eigenvalue weighted by molar-refractivity contribution is -0.150. The summed E-state index contributed by atoms with van der Waals surface area (Å²) >= 11 is 0. The van der Waals surface area contributed by atoms with Gasteiger partial charge in [-0.15, -0.1) is 0 Å². The number of carbonyl (C=O) groups is 1. The Labute approximate surface area is 119 Å². The van der Waals surface area contributed by atoms with Crippen LogP contribution in [0.2, 0.25) is 0 Å². The maximum absolute atomic E-state index is 11.5. The summed E-state index contributed by atoms with van der Waals surface area (Å²) < 4.78 is 5.27. The molecule has 0 aromatic rings. The molecule has 0 saturated heterocycles. The van der Waals surface area contributed by atoms with Crippen LogP contribution in [0, 0.1) is 0 Å².